The lowest BCUT2D eigenvalue weighted by Gasteiger charge is -2.33. The van der Waals surface area contributed by atoms with Crippen LogP contribution in [0, 0.1) is 6.92 Å². The van der Waals surface area contributed by atoms with Gasteiger partial charge in [0.25, 0.3) is 0 Å². The number of hydrogen-bond donors (Lipinski definition) is 2. The van der Waals surface area contributed by atoms with E-state index in [1.54, 1.807) is 6.07 Å². The molecule has 2 heterocycles. The number of aromatic nitrogens is 1. The van der Waals surface area contributed by atoms with Crippen LogP contribution in [0.5, 0.6) is 5.75 Å². The lowest BCUT2D eigenvalue weighted by Crippen LogP contribution is -2.47. The Balaban J connectivity index is 1.46. The van der Waals surface area contributed by atoms with E-state index in [0.717, 1.165) is 38.0 Å². The zero-order valence-electron chi connectivity index (χ0n) is 12.0. The minimum Gasteiger partial charge on any atom is -0.506 e. The molecule has 1 atom stereocenters. The number of pyridine rings is 1. The standard InChI is InChI=1S/C15H23N3O2/c1-11-2-5-15(19)14(17-11)9-16-8-13-10-18(6-7-20-13)12-3-4-12/h2,5,12-13,16,19H,3-4,6-10H2,1H3. The summed E-state index contributed by atoms with van der Waals surface area (Å²) < 4.78 is 5.79. The van der Waals surface area contributed by atoms with Gasteiger partial charge in [-0.3, -0.25) is 9.88 Å². The zero-order chi connectivity index (χ0) is 13.9. The molecule has 5 heteroatoms. The van der Waals surface area contributed by atoms with Gasteiger partial charge in [0.15, 0.2) is 0 Å². The third-order valence-corrected chi connectivity index (χ3v) is 3.99. The van der Waals surface area contributed by atoms with Crippen LogP contribution in [0.1, 0.15) is 24.2 Å². The molecular weight excluding hydrogens is 254 g/mol. The van der Waals surface area contributed by atoms with Gasteiger partial charge in [-0.2, -0.15) is 0 Å². The third kappa shape index (κ3) is 3.48. The number of rotatable bonds is 5. The van der Waals surface area contributed by atoms with Crippen LogP contribution in [-0.4, -0.2) is 53.4 Å². The van der Waals surface area contributed by atoms with E-state index in [0.29, 0.717) is 12.2 Å². The number of aromatic hydroxyl groups is 1. The Labute approximate surface area is 120 Å². The van der Waals surface area contributed by atoms with Crippen LogP contribution in [0.15, 0.2) is 12.1 Å². The summed E-state index contributed by atoms with van der Waals surface area (Å²) in [6.07, 6.45) is 2.94. The highest BCUT2D eigenvalue weighted by Crippen LogP contribution is 2.28. The molecule has 0 bridgehead atoms. The van der Waals surface area contributed by atoms with Crippen molar-refractivity contribution in [3.05, 3.63) is 23.5 Å². The van der Waals surface area contributed by atoms with E-state index >= 15 is 0 Å². The predicted molar refractivity (Wildman–Crippen MR) is 76.7 cm³/mol. The van der Waals surface area contributed by atoms with E-state index in [4.69, 9.17) is 4.74 Å². The SMILES string of the molecule is Cc1ccc(O)c(CNCC2CN(C3CC3)CCO2)n1. The van der Waals surface area contributed by atoms with Gasteiger partial charge in [0.1, 0.15) is 5.75 Å². The van der Waals surface area contributed by atoms with E-state index < -0.39 is 0 Å². The number of nitrogens with zero attached hydrogens (tertiary/aromatic N) is 2. The molecule has 2 N–H and O–H groups in total. The van der Waals surface area contributed by atoms with Gasteiger partial charge in [0.2, 0.25) is 0 Å². The summed E-state index contributed by atoms with van der Waals surface area (Å²) in [7, 11) is 0. The van der Waals surface area contributed by atoms with Crippen molar-refractivity contribution in [2.75, 3.05) is 26.2 Å². The Kier molecular flexibility index (Phi) is 4.19. The molecule has 2 aliphatic rings. The summed E-state index contributed by atoms with van der Waals surface area (Å²) in [6.45, 7) is 6.23. The molecule has 2 fully saturated rings. The van der Waals surface area contributed by atoms with Crippen LogP contribution in [0.4, 0.5) is 0 Å². The quantitative estimate of drug-likeness (QED) is 0.842. The first-order valence-corrected chi connectivity index (χ1v) is 7.44. The highest BCUT2D eigenvalue weighted by Gasteiger charge is 2.32. The van der Waals surface area contributed by atoms with Gasteiger partial charge in [0.05, 0.1) is 18.4 Å². The molecule has 1 aliphatic heterocycles. The van der Waals surface area contributed by atoms with Crippen molar-refractivity contribution >= 4 is 0 Å². The number of aryl methyl sites for hydroxylation is 1. The van der Waals surface area contributed by atoms with Crippen LogP contribution < -0.4 is 5.32 Å². The third-order valence-electron chi connectivity index (χ3n) is 3.99. The fourth-order valence-corrected chi connectivity index (χ4v) is 2.72. The normalized spacial score (nSPS) is 23.9. The topological polar surface area (TPSA) is 57.6 Å². The van der Waals surface area contributed by atoms with E-state index in [2.05, 4.69) is 15.2 Å². The molecule has 1 saturated heterocycles. The summed E-state index contributed by atoms with van der Waals surface area (Å²) in [5.41, 5.74) is 1.63. The van der Waals surface area contributed by atoms with Gasteiger partial charge in [0, 0.05) is 37.9 Å². The largest absolute Gasteiger partial charge is 0.506 e. The summed E-state index contributed by atoms with van der Waals surface area (Å²) in [6, 6.07) is 4.32. The average molecular weight is 277 g/mol. The molecular formula is C15H23N3O2. The van der Waals surface area contributed by atoms with Crippen molar-refractivity contribution in [1.82, 2.24) is 15.2 Å². The van der Waals surface area contributed by atoms with Gasteiger partial charge < -0.3 is 15.2 Å². The smallest absolute Gasteiger partial charge is 0.138 e. The van der Waals surface area contributed by atoms with Crippen LogP contribution in [0.25, 0.3) is 0 Å². The van der Waals surface area contributed by atoms with Crippen molar-refractivity contribution < 1.29 is 9.84 Å². The van der Waals surface area contributed by atoms with E-state index in [1.165, 1.54) is 12.8 Å². The highest BCUT2D eigenvalue weighted by atomic mass is 16.5. The van der Waals surface area contributed by atoms with E-state index in [9.17, 15) is 5.11 Å². The second kappa shape index (κ2) is 6.08. The minimum absolute atomic E-state index is 0.247. The second-order valence-electron chi connectivity index (χ2n) is 5.77. The second-order valence-corrected chi connectivity index (χ2v) is 5.77. The van der Waals surface area contributed by atoms with Crippen LogP contribution in [-0.2, 0) is 11.3 Å². The van der Waals surface area contributed by atoms with Gasteiger partial charge in [-0.25, -0.2) is 0 Å². The first-order valence-electron chi connectivity index (χ1n) is 7.44. The van der Waals surface area contributed by atoms with Gasteiger partial charge >= 0.3 is 0 Å². The van der Waals surface area contributed by atoms with Crippen molar-refractivity contribution in [1.29, 1.82) is 0 Å². The maximum atomic E-state index is 9.75. The van der Waals surface area contributed by atoms with Crippen LogP contribution >= 0.6 is 0 Å². The number of hydrogen-bond acceptors (Lipinski definition) is 5. The summed E-state index contributed by atoms with van der Waals surface area (Å²) in [4.78, 5) is 6.88. The molecule has 1 unspecified atom stereocenters. The van der Waals surface area contributed by atoms with Gasteiger partial charge in [-0.1, -0.05) is 0 Å². The highest BCUT2D eigenvalue weighted by molar-refractivity contribution is 5.27. The fourth-order valence-electron chi connectivity index (χ4n) is 2.72. The molecule has 0 aromatic carbocycles. The molecule has 3 rings (SSSR count). The first kappa shape index (κ1) is 13.8. The molecule has 1 aliphatic carbocycles. The molecule has 5 nitrogen and oxygen atoms in total. The van der Waals surface area contributed by atoms with E-state index in [1.807, 2.05) is 13.0 Å². The maximum Gasteiger partial charge on any atom is 0.138 e. The predicted octanol–water partition coefficient (Wildman–Crippen LogP) is 1.05. The minimum atomic E-state index is 0.247. The number of ether oxygens (including phenoxy) is 1. The Hall–Kier alpha value is -1.17. The molecule has 1 saturated carbocycles. The number of nitrogens with one attached hydrogen (secondary N) is 1. The molecule has 0 spiro atoms. The zero-order valence-corrected chi connectivity index (χ0v) is 12.0. The maximum absolute atomic E-state index is 9.75. The van der Waals surface area contributed by atoms with Crippen LogP contribution in [0.3, 0.4) is 0 Å². The molecule has 20 heavy (non-hydrogen) atoms. The lowest BCUT2D eigenvalue weighted by molar-refractivity contribution is -0.0302. The van der Waals surface area contributed by atoms with Crippen molar-refractivity contribution in [2.24, 2.45) is 0 Å². The molecule has 1 aromatic heterocycles. The summed E-state index contributed by atoms with van der Waals surface area (Å²) >= 11 is 0. The van der Waals surface area contributed by atoms with Gasteiger partial charge in [-0.05, 0) is 31.9 Å². The summed E-state index contributed by atoms with van der Waals surface area (Å²) in [5, 5.41) is 13.1. The Morgan fingerprint density at radius 3 is 3.10 bits per heavy atom. The van der Waals surface area contributed by atoms with Crippen molar-refractivity contribution in [3.63, 3.8) is 0 Å². The monoisotopic (exact) mass is 277 g/mol. The van der Waals surface area contributed by atoms with Crippen LogP contribution in [0.2, 0.25) is 0 Å². The molecule has 1 aromatic rings. The Morgan fingerprint density at radius 1 is 1.45 bits per heavy atom. The number of morpholine rings is 1. The lowest BCUT2D eigenvalue weighted by atomic mass is 10.2. The van der Waals surface area contributed by atoms with Crippen molar-refractivity contribution in [2.45, 2.75) is 38.5 Å². The molecule has 110 valence electrons. The fraction of sp³-hybridized carbons (Fsp3) is 0.667. The summed E-state index contributed by atoms with van der Waals surface area (Å²) in [5.74, 6) is 0.257. The Bertz CT molecular complexity index is 462. The molecule has 0 radical (unpaired) electrons. The van der Waals surface area contributed by atoms with Crippen molar-refractivity contribution in [3.8, 4) is 5.75 Å². The van der Waals surface area contributed by atoms with E-state index in [-0.39, 0.29) is 11.9 Å². The Morgan fingerprint density at radius 2 is 2.30 bits per heavy atom. The average Bonchev–Trinajstić information content (AvgIpc) is 3.28. The van der Waals surface area contributed by atoms with Gasteiger partial charge in [-0.15, -0.1) is 0 Å². The molecule has 0 amide bonds. The first-order chi connectivity index (χ1) is 9.72.